The summed E-state index contributed by atoms with van der Waals surface area (Å²) in [6.07, 6.45) is 0.214. The monoisotopic (exact) mass is 748 g/mol. The second-order valence-electron chi connectivity index (χ2n) is 14.2. The molecule has 2 heterocycles. The molecule has 1 aliphatic rings. The summed E-state index contributed by atoms with van der Waals surface area (Å²) in [6, 6.07) is 5.77. The van der Waals surface area contributed by atoms with Gasteiger partial charge in [-0.15, -0.1) is 11.3 Å². The van der Waals surface area contributed by atoms with Gasteiger partial charge in [0, 0.05) is 19.5 Å². The number of aliphatic hydroxyl groups is 1. The minimum atomic E-state index is -0.946. The number of hydrogen-bond donors (Lipinski definition) is 4. The number of likely N-dealkylation sites (tertiary alicyclic amines) is 1. The standard InChI is InChI=1S/C37H60N6O8S/c1-26(28-8-10-29(11-9-28)33-27(2)39-25-52-33)40-35(46)31-22-30(44)23-43(31)36(47)34(37(3,4)5)41-32(45)24-51-21-20-50-19-18-49-17-16-48-15-14-42(6)13-7-12-38/h8-11,25-26,30-31,34,44H,7,12-24,38H2,1-6H3,(H,40,46)(H,41,45)/t26-,30+,31-,34+/m0/s1. The Labute approximate surface area is 312 Å². The molecule has 1 fully saturated rings. The first-order valence-corrected chi connectivity index (χ1v) is 19.0. The van der Waals surface area contributed by atoms with Gasteiger partial charge < -0.3 is 50.2 Å². The fraction of sp³-hybridized carbons (Fsp3) is 0.676. The molecule has 0 radical (unpaired) electrons. The Morgan fingerprint density at radius 2 is 1.62 bits per heavy atom. The number of likely N-dealkylation sites (N-methyl/N-ethyl adjacent to an activating group) is 1. The van der Waals surface area contributed by atoms with Crippen LogP contribution < -0.4 is 16.4 Å². The van der Waals surface area contributed by atoms with Crippen LogP contribution in [0.15, 0.2) is 29.8 Å². The van der Waals surface area contributed by atoms with E-state index in [0.717, 1.165) is 41.2 Å². The fourth-order valence-electron chi connectivity index (χ4n) is 5.74. The normalized spacial score (nSPS) is 17.4. The average Bonchev–Trinajstić information content (AvgIpc) is 3.72. The van der Waals surface area contributed by atoms with Crippen LogP contribution in [0.25, 0.3) is 10.4 Å². The molecule has 15 heteroatoms. The van der Waals surface area contributed by atoms with Crippen molar-refractivity contribution in [2.45, 2.75) is 71.7 Å². The summed E-state index contributed by atoms with van der Waals surface area (Å²) in [6.45, 7) is 14.5. The highest BCUT2D eigenvalue weighted by atomic mass is 32.1. The molecule has 2 aromatic rings. The zero-order valence-corrected chi connectivity index (χ0v) is 32.5. The zero-order chi connectivity index (χ0) is 38.1. The first-order chi connectivity index (χ1) is 24.8. The van der Waals surface area contributed by atoms with Gasteiger partial charge in [-0.1, -0.05) is 45.0 Å². The number of ether oxygens (including phenoxy) is 4. The van der Waals surface area contributed by atoms with E-state index in [1.54, 1.807) is 11.3 Å². The summed E-state index contributed by atoms with van der Waals surface area (Å²) >= 11 is 1.58. The van der Waals surface area contributed by atoms with E-state index in [1.807, 2.05) is 71.4 Å². The van der Waals surface area contributed by atoms with E-state index in [1.165, 1.54) is 4.90 Å². The number of β-amino-alcohol motifs (C(OH)–C–C–N with tert-alkyl or cyclic N) is 1. The Balaban J connectivity index is 1.38. The number of hydrogen-bond acceptors (Lipinski definition) is 12. The maximum atomic E-state index is 13.9. The molecular weight excluding hydrogens is 689 g/mol. The number of aliphatic hydroxyl groups excluding tert-OH is 1. The predicted octanol–water partition coefficient (Wildman–Crippen LogP) is 2.14. The minimum Gasteiger partial charge on any atom is -0.391 e. The highest BCUT2D eigenvalue weighted by Gasteiger charge is 2.44. The number of aryl methyl sites for hydroxylation is 1. The van der Waals surface area contributed by atoms with Gasteiger partial charge in [0.2, 0.25) is 17.7 Å². The smallest absolute Gasteiger partial charge is 0.246 e. The average molecular weight is 749 g/mol. The fourth-order valence-corrected chi connectivity index (χ4v) is 6.55. The lowest BCUT2D eigenvalue weighted by Gasteiger charge is -2.35. The highest BCUT2D eigenvalue weighted by Crippen LogP contribution is 2.29. The van der Waals surface area contributed by atoms with Crippen LogP contribution in [0.3, 0.4) is 0 Å². The van der Waals surface area contributed by atoms with E-state index >= 15 is 0 Å². The van der Waals surface area contributed by atoms with E-state index in [9.17, 15) is 19.5 Å². The molecule has 4 atom stereocenters. The van der Waals surface area contributed by atoms with Gasteiger partial charge in [0.15, 0.2) is 0 Å². The van der Waals surface area contributed by atoms with Crippen molar-refractivity contribution in [2.24, 2.45) is 11.1 Å². The summed E-state index contributed by atoms with van der Waals surface area (Å²) in [7, 11) is 2.04. The number of carbonyl (C=O) groups is 3. The van der Waals surface area contributed by atoms with Gasteiger partial charge in [-0.05, 0) is 56.9 Å². The van der Waals surface area contributed by atoms with Crippen molar-refractivity contribution >= 4 is 29.1 Å². The van der Waals surface area contributed by atoms with Crippen molar-refractivity contribution in [3.05, 3.63) is 41.0 Å². The maximum absolute atomic E-state index is 13.9. The van der Waals surface area contributed by atoms with Crippen LogP contribution in [0.2, 0.25) is 0 Å². The number of thiazole rings is 1. The first-order valence-electron chi connectivity index (χ1n) is 18.1. The molecule has 0 saturated carbocycles. The number of nitrogens with two attached hydrogens (primary N) is 1. The number of carbonyl (C=O) groups excluding carboxylic acids is 3. The maximum Gasteiger partial charge on any atom is 0.246 e. The largest absolute Gasteiger partial charge is 0.391 e. The van der Waals surface area contributed by atoms with Gasteiger partial charge in [-0.25, -0.2) is 4.98 Å². The molecule has 3 amide bonds. The summed E-state index contributed by atoms with van der Waals surface area (Å²) in [5.41, 5.74) is 9.59. The number of rotatable bonds is 23. The quantitative estimate of drug-likeness (QED) is 0.123. The van der Waals surface area contributed by atoms with Crippen LogP contribution in [-0.2, 0) is 33.3 Å². The van der Waals surface area contributed by atoms with Crippen LogP contribution in [0.5, 0.6) is 0 Å². The molecular formula is C37H60N6O8S. The molecule has 0 unspecified atom stereocenters. The van der Waals surface area contributed by atoms with E-state index in [4.69, 9.17) is 24.7 Å². The third-order valence-electron chi connectivity index (χ3n) is 8.77. The molecule has 14 nitrogen and oxygen atoms in total. The summed E-state index contributed by atoms with van der Waals surface area (Å²) < 4.78 is 22.1. The van der Waals surface area contributed by atoms with Gasteiger partial charge in [-0.3, -0.25) is 14.4 Å². The van der Waals surface area contributed by atoms with Crippen LogP contribution in [0.4, 0.5) is 0 Å². The van der Waals surface area contributed by atoms with E-state index < -0.39 is 35.4 Å². The van der Waals surface area contributed by atoms with Crippen molar-refractivity contribution in [3.8, 4) is 10.4 Å². The van der Waals surface area contributed by atoms with E-state index in [0.29, 0.717) is 39.6 Å². The Morgan fingerprint density at radius 1 is 1.00 bits per heavy atom. The molecule has 3 rings (SSSR count). The Bertz CT molecular complexity index is 1370. The number of amides is 3. The topological polar surface area (TPSA) is 178 Å². The summed E-state index contributed by atoms with van der Waals surface area (Å²) in [4.78, 5) is 49.2. The highest BCUT2D eigenvalue weighted by molar-refractivity contribution is 7.13. The zero-order valence-electron chi connectivity index (χ0n) is 31.7. The lowest BCUT2D eigenvalue weighted by atomic mass is 9.85. The Kier molecular flexibility index (Phi) is 18.6. The van der Waals surface area contributed by atoms with Gasteiger partial charge in [0.05, 0.1) is 74.5 Å². The van der Waals surface area contributed by atoms with Crippen LogP contribution >= 0.6 is 11.3 Å². The molecule has 1 aromatic carbocycles. The Hall–Kier alpha value is -3.02. The lowest BCUT2D eigenvalue weighted by molar-refractivity contribution is -0.144. The molecule has 5 N–H and O–H groups in total. The summed E-state index contributed by atoms with van der Waals surface area (Å²) in [5.74, 6) is -1.26. The molecule has 52 heavy (non-hydrogen) atoms. The number of nitrogens with one attached hydrogen (secondary N) is 2. The molecule has 1 aliphatic heterocycles. The van der Waals surface area contributed by atoms with Gasteiger partial charge >= 0.3 is 0 Å². The SMILES string of the molecule is Cc1ncsc1-c1ccc([C@H](C)NC(=O)[C@@H]2C[C@@H](O)CN2C(=O)[C@@H](NC(=O)COCCOCCOCCOCCN(C)CCCN)C(C)(C)C)cc1. The van der Waals surface area contributed by atoms with Crippen molar-refractivity contribution in [2.75, 3.05) is 86.1 Å². The minimum absolute atomic E-state index is 0.00551. The van der Waals surface area contributed by atoms with Crippen molar-refractivity contribution < 1.29 is 38.4 Å². The van der Waals surface area contributed by atoms with Crippen molar-refractivity contribution in [1.82, 2.24) is 25.4 Å². The van der Waals surface area contributed by atoms with E-state index in [2.05, 4.69) is 20.5 Å². The summed E-state index contributed by atoms with van der Waals surface area (Å²) in [5, 5.41) is 16.3. The molecule has 0 spiro atoms. The Morgan fingerprint density at radius 3 is 2.19 bits per heavy atom. The molecule has 0 aliphatic carbocycles. The van der Waals surface area contributed by atoms with Crippen LogP contribution in [0, 0.1) is 12.3 Å². The molecule has 1 saturated heterocycles. The van der Waals surface area contributed by atoms with Crippen molar-refractivity contribution in [1.29, 1.82) is 0 Å². The lowest BCUT2D eigenvalue weighted by Crippen LogP contribution is -2.58. The van der Waals surface area contributed by atoms with E-state index in [-0.39, 0.29) is 44.7 Å². The molecule has 292 valence electrons. The second-order valence-corrected chi connectivity index (χ2v) is 15.1. The van der Waals surface area contributed by atoms with Crippen LogP contribution in [-0.4, -0.2) is 142 Å². The first kappa shape index (κ1) is 43.4. The van der Waals surface area contributed by atoms with Gasteiger partial charge in [-0.2, -0.15) is 0 Å². The number of nitrogens with zero attached hydrogens (tertiary/aromatic N) is 3. The second kappa shape index (κ2) is 22.3. The number of benzene rings is 1. The van der Waals surface area contributed by atoms with Gasteiger partial charge in [0.1, 0.15) is 18.7 Å². The van der Waals surface area contributed by atoms with Gasteiger partial charge in [0.25, 0.3) is 0 Å². The third-order valence-corrected chi connectivity index (χ3v) is 9.75. The third kappa shape index (κ3) is 14.4. The molecule has 0 bridgehead atoms. The predicted molar refractivity (Wildman–Crippen MR) is 201 cm³/mol. The van der Waals surface area contributed by atoms with Crippen molar-refractivity contribution in [3.63, 3.8) is 0 Å². The number of aromatic nitrogens is 1. The van der Waals surface area contributed by atoms with Crippen LogP contribution in [0.1, 0.15) is 57.8 Å². The molecule has 1 aromatic heterocycles.